The predicted molar refractivity (Wildman–Crippen MR) is 262 cm³/mol. The van der Waals surface area contributed by atoms with Crippen molar-refractivity contribution < 1.29 is 28.6 Å². The normalized spacial score (nSPS) is 11.5. The van der Waals surface area contributed by atoms with Gasteiger partial charge in [0.25, 0.3) is 0 Å². The van der Waals surface area contributed by atoms with Crippen molar-refractivity contribution >= 4 is 64.3 Å². The lowest BCUT2D eigenvalue weighted by atomic mass is 10.0. The molecule has 5 heterocycles. The van der Waals surface area contributed by atoms with E-state index in [0.29, 0.717) is 45.5 Å². The van der Waals surface area contributed by atoms with Gasteiger partial charge in [-0.2, -0.15) is 0 Å². The highest BCUT2D eigenvalue weighted by Gasteiger charge is 2.20. The Morgan fingerprint density at radius 1 is 0.379 bits per heavy atom. The van der Waals surface area contributed by atoms with Gasteiger partial charge in [-0.05, 0) is 128 Å². The Bertz CT molecular complexity index is 3320. The van der Waals surface area contributed by atoms with Crippen molar-refractivity contribution in [1.29, 1.82) is 0 Å². The van der Waals surface area contributed by atoms with Crippen LogP contribution < -0.4 is 14.2 Å². The Morgan fingerprint density at radius 2 is 0.636 bits per heavy atom. The van der Waals surface area contributed by atoms with Gasteiger partial charge in [0.2, 0.25) is 0 Å². The number of hydrogen-bond acceptors (Lipinski definition) is 8. The number of ether oxygens (including phenoxy) is 3. The summed E-state index contributed by atoms with van der Waals surface area (Å²) in [4.78, 5) is 55.4. The lowest BCUT2D eigenvalue weighted by molar-refractivity contribution is -0.130. The van der Waals surface area contributed by atoms with Crippen LogP contribution in [0.1, 0.15) is 43.5 Å². The number of fused-ring (bicyclic) bond motifs is 8. The second-order valence-electron chi connectivity index (χ2n) is 16.0. The van der Waals surface area contributed by atoms with Crippen LogP contribution in [-0.4, -0.2) is 37.8 Å². The van der Waals surface area contributed by atoms with E-state index in [1.54, 1.807) is 57.2 Å². The van der Waals surface area contributed by atoms with Gasteiger partial charge in [-0.15, -0.1) is 0 Å². The quantitative estimate of drug-likeness (QED) is 0.0788. The van der Waals surface area contributed by atoms with Crippen molar-refractivity contribution in [3.8, 4) is 61.8 Å². The Morgan fingerprint density at radius 3 is 0.894 bits per heavy atom. The van der Waals surface area contributed by atoms with Crippen LogP contribution in [0.3, 0.4) is 0 Å². The molecule has 9 rings (SSSR count). The average Bonchev–Trinajstić information content (AvgIpc) is 4.17. The first kappa shape index (κ1) is 42.4. The van der Waals surface area contributed by atoms with E-state index < -0.39 is 17.9 Å². The van der Waals surface area contributed by atoms with E-state index in [0.717, 1.165) is 72.3 Å². The number of carbonyl (C=O) groups excluding carboxylic acids is 3. The van der Waals surface area contributed by atoms with Crippen LogP contribution in [0, 0.1) is 0 Å². The summed E-state index contributed by atoms with van der Waals surface area (Å²) >= 11 is 0. The molecular weight excluding hydrogens is 825 g/mol. The number of rotatable bonds is 10. The van der Waals surface area contributed by atoms with Gasteiger partial charge in [-0.3, -0.25) is 0 Å². The van der Waals surface area contributed by atoms with Gasteiger partial charge in [-0.25, -0.2) is 24.4 Å². The summed E-state index contributed by atoms with van der Waals surface area (Å²) in [5.41, 5.74) is 13.5. The topological polar surface area (TPSA) is 136 Å². The summed E-state index contributed by atoms with van der Waals surface area (Å²) in [5.74, 6) is -0.391. The molecule has 2 N–H and O–H groups in total. The van der Waals surface area contributed by atoms with E-state index in [-0.39, 0.29) is 5.57 Å². The van der Waals surface area contributed by atoms with Crippen LogP contribution in [0.25, 0.3) is 90.9 Å². The Labute approximate surface area is 380 Å². The summed E-state index contributed by atoms with van der Waals surface area (Å²) in [6.07, 6.45) is 7.98. The zero-order valence-electron chi connectivity index (χ0n) is 36.4. The molecule has 2 aliphatic rings. The van der Waals surface area contributed by atoms with E-state index >= 15 is 0 Å². The SMILES string of the molecule is C=C(C)C(=O)Oc1ccc(-c2c3nc(c(-c4ccc(OC(=O)C(=C)C)cc4)c4ccc([nH]4)c(-c4ccc(OC(=O)C(=C)C)cc4)c4nc(c(-c5ccccc5)c5ccc2[nH]5)C=C4)C=C3)cc1. The molecule has 0 fully saturated rings. The number of aromatic amines is 2. The Hall–Kier alpha value is -8.89. The van der Waals surface area contributed by atoms with E-state index in [1.807, 2.05) is 103 Å². The Balaban J connectivity index is 1.35. The number of esters is 3. The molecule has 0 saturated heterocycles. The number of nitrogens with zero attached hydrogens (tertiary/aromatic N) is 2. The second kappa shape index (κ2) is 17.7. The molecule has 10 heteroatoms. The van der Waals surface area contributed by atoms with Crippen molar-refractivity contribution in [2.75, 3.05) is 0 Å². The third-order valence-corrected chi connectivity index (χ3v) is 10.9. The fourth-order valence-electron chi connectivity index (χ4n) is 7.68. The van der Waals surface area contributed by atoms with Crippen LogP contribution >= 0.6 is 0 Å². The molecule has 4 aromatic carbocycles. The first-order valence-electron chi connectivity index (χ1n) is 21.1. The molecule has 0 atom stereocenters. The van der Waals surface area contributed by atoms with Gasteiger partial charge >= 0.3 is 17.9 Å². The number of carbonyl (C=O) groups is 3. The van der Waals surface area contributed by atoms with E-state index in [4.69, 9.17) is 24.2 Å². The van der Waals surface area contributed by atoms with Crippen molar-refractivity contribution in [2.24, 2.45) is 0 Å². The molecular formula is C56H42N4O6. The average molecular weight is 867 g/mol. The number of benzene rings is 4. The molecule has 66 heavy (non-hydrogen) atoms. The maximum atomic E-state index is 12.4. The molecule has 0 amide bonds. The molecule has 0 spiro atoms. The first-order chi connectivity index (χ1) is 31.9. The summed E-state index contributed by atoms with van der Waals surface area (Å²) in [7, 11) is 0. The third kappa shape index (κ3) is 8.58. The Kier molecular flexibility index (Phi) is 11.4. The van der Waals surface area contributed by atoms with Gasteiger partial charge in [0.15, 0.2) is 0 Å². The maximum Gasteiger partial charge on any atom is 0.338 e. The highest BCUT2D eigenvalue weighted by molar-refractivity contribution is 6.00. The number of nitrogens with one attached hydrogen (secondary N) is 2. The molecule has 322 valence electrons. The molecule has 3 aromatic heterocycles. The standard InChI is InChI=1S/C56H42N4O6/c1-32(2)54(61)64-39-18-12-36(13-19-39)51-44-26-24-42(57-44)50(35-10-8-7-9-11-35)43-25-27-45(58-43)52(37-14-20-40(21-15-37)65-55(62)33(3)4)47-29-31-49(60-47)53(48-30-28-46(51)59-48)38-16-22-41(23-17-38)66-56(63)34(5)6/h7-31,57,60H,1,3,5H2,2,4,6H3. The maximum absolute atomic E-state index is 12.4. The zero-order valence-corrected chi connectivity index (χ0v) is 36.4. The van der Waals surface area contributed by atoms with Gasteiger partial charge < -0.3 is 24.2 Å². The molecule has 0 saturated carbocycles. The molecule has 0 radical (unpaired) electrons. The summed E-state index contributed by atoms with van der Waals surface area (Å²) in [5, 5.41) is 0. The summed E-state index contributed by atoms with van der Waals surface area (Å²) in [6.45, 7) is 15.9. The van der Waals surface area contributed by atoms with Gasteiger partial charge in [0, 0.05) is 61.0 Å². The fraction of sp³-hybridized carbons (Fsp3) is 0.0536. The minimum Gasteiger partial charge on any atom is -0.423 e. The lowest BCUT2D eigenvalue weighted by Crippen LogP contribution is -2.07. The van der Waals surface area contributed by atoms with Crippen molar-refractivity contribution in [2.45, 2.75) is 20.8 Å². The summed E-state index contributed by atoms with van der Waals surface area (Å²) in [6, 6.07) is 40.1. The molecule has 0 unspecified atom stereocenters. The predicted octanol–water partition coefficient (Wildman–Crippen LogP) is 12.8. The lowest BCUT2D eigenvalue weighted by Gasteiger charge is -2.09. The number of aromatic nitrogens is 4. The van der Waals surface area contributed by atoms with Crippen LogP contribution in [0.5, 0.6) is 17.2 Å². The monoisotopic (exact) mass is 866 g/mol. The molecule has 2 aliphatic heterocycles. The van der Waals surface area contributed by atoms with Gasteiger partial charge in [0.05, 0.1) is 22.8 Å². The minimum absolute atomic E-state index is 0.289. The van der Waals surface area contributed by atoms with Gasteiger partial charge in [0.1, 0.15) is 17.2 Å². The van der Waals surface area contributed by atoms with Crippen LogP contribution in [0.2, 0.25) is 0 Å². The second-order valence-corrected chi connectivity index (χ2v) is 16.0. The number of hydrogen-bond donors (Lipinski definition) is 2. The van der Waals surface area contributed by atoms with Crippen molar-refractivity contribution in [1.82, 2.24) is 19.9 Å². The highest BCUT2D eigenvalue weighted by atomic mass is 16.5. The van der Waals surface area contributed by atoms with Crippen LogP contribution in [0.15, 0.2) is 164 Å². The molecule has 10 nitrogen and oxygen atoms in total. The molecule has 7 aromatic rings. The van der Waals surface area contributed by atoms with Gasteiger partial charge in [-0.1, -0.05) is 86.5 Å². The van der Waals surface area contributed by atoms with Crippen molar-refractivity contribution in [3.05, 3.63) is 187 Å². The number of H-pyrrole nitrogens is 2. The fourth-order valence-corrected chi connectivity index (χ4v) is 7.68. The van der Waals surface area contributed by atoms with E-state index in [2.05, 4.69) is 41.8 Å². The van der Waals surface area contributed by atoms with E-state index in [9.17, 15) is 14.4 Å². The third-order valence-electron chi connectivity index (χ3n) is 10.9. The minimum atomic E-state index is -0.517. The molecule has 0 aliphatic carbocycles. The zero-order chi connectivity index (χ0) is 46.1. The van der Waals surface area contributed by atoms with Crippen LogP contribution in [-0.2, 0) is 14.4 Å². The molecule has 8 bridgehead atoms. The summed E-state index contributed by atoms with van der Waals surface area (Å²) < 4.78 is 16.7. The first-order valence-corrected chi connectivity index (χ1v) is 21.1. The van der Waals surface area contributed by atoms with E-state index in [1.165, 1.54) is 0 Å². The van der Waals surface area contributed by atoms with Crippen LogP contribution in [0.4, 0.5) is 0 Å². The van der Waals surface area contributed by atoms with Crippen molar-refractivity contribution in [3.63, 3.8) is 0 Å². The smallest absolute Gasteiger partial charge is 0.338 e. The largest absolute Gasteiger partial charge is 0.423 e. The highest BCUT2D eigenvalue weighted by Crippen LogP contribution is 2.39.